The van der Waals surface area contributed by atoms with E-state index in [4.69, 9.17) is 16.3 Å². The van der Waals surface area contributed by atoms with Crippen molar-refractivity contribution < 1.29 is 17.9 Å². The molecule has 37 heavy (non-hydrogen) atoms. The van der Waals surface area contributed by atoms with Gasteiger partial charge in [-0.25, -0.2) is 8.42 Å². The molecule has 0 radical (unpaired) electrons. The average molecular weight is 535 g/mol. The molecule has 0 saturated carbocycles. The Kier molecular flexibility index (Phi) is 8.16. The molecule has 1 amide bonds. The molecule has 0 saturated heterocycles. The molecule has 1 N–H and O–H groups in total. The van der Waals surface area contributed by atoms with E-state index in [1.807, 2.05) is 61.5 Å². The smallest absolute Gasteiger partial charge is 0.264 e. The molecule has 0 bridgehead atoms. The predicted octanol–water partition coefficient (Wildman–Crippen LogP) is 5.76. The van der Waals surface area contributed by atoms with Gasteiger partial charge in [-0.15, -0.1) is 0 Å². The number of nitrogens with one attached hydrogen (secondary N) is 1. The highest BCUT2D eigenvalue weighted by atomic mass is 35.5. The van der Waals surface area contributed by atoms with Gasteiger partial charge in [0, 0.05) is 5.02 Å². The highest BCUT2D eigenvalue weighted by molar-refractivity contribution is 7.92. The third-order valence-corrected chi connectivity index (χ3v) is 7.90. The predicted molar refractivity (Wildman–Crippen MR) is 147 cm³/mol. The zero-order valence-electron chi connectivity index (χ0n) is 20.5. The summed E-state index contributed by atoms with van der Waals surface area (Å²) in [5, 5.41) is 3.50. The Morgan fingerprint density at radius 1 is 0.892 bits per heavy atom. The zero-order chi connectivity index (χ0) is 26.4. The number of ether oxygens (including phenoxy) is 1. The molecule has 1 unspecified atom stereocenters. The first kappa shape index (κ1) is 26.3. The molecule has 0 aliphatic carbocycles. The topological polar surface area (TPSA) is 75.7 Å². The number of amides is 1. The van der Waals surface area contributed by atoms with Crippen LogP contribution in [0.3, 0.4) is 0 Å². The number of anilines is 1. The summed E-state index contributed by atoms with van der Waals surface area (Å²) in [7, 11) is -2.58. The maximum Gasteiger partial charge on any atom is 0.264 e. The summed E-state index contributed by atoms with van der Waals surface area (Å²) >= 11 is 6.04. The van der Waals surface area contributed by atoms with E-state index in [-0.39, 0.29) is 4.90 Å². The molecule has 8 heteroatoms. The molecule has 0 spiro atoms. The average Bonchev–Trinajstić information content (AvgIpc) is 2.91. The third-order valence-electron chi connectivity index (χ3n) is 5.86. The number of benzene rings is 4. The molecule has 6 nitrogen and oxygen atoms in total. The largest absolute Gasteiger partial charge is 0.497 e. The van der Waals surface area contributed by atoms with Crippen LogP contribution in [0.4, 0.5) is 5.69 Å². The van der Waals surface area contributed by atoms with Crippen LogP contribution in [-0.2, 0) is 14.8 Å². The molecule has 0 fully saturated rings. The highest BCUT2D eigenvalue weighted by Gasteiger charge is 2.28. The van der Waals surface area contributed by atoms with Gasteiger partial charge in [-0.2, -0.15) is 0 Å². The lowest BCUT2D eigenvalue weighted by atomic mass is 9.97. The summed E-state index contributed by atoms with van der Waals surface area (Å²) in [6, 6.07) is 29.3. The second kappa shape index (κ2) is 11.5. The van der Waals surface area contributed by atoms with E-state index in [1.165, 1.54) is 19.2 Å². The fraction of sp³-hybridized carbons (Fsp3) is 0.138. The fourth-order valence-electron chi connectivity index (χ4n) is 3.99. The number of aryl methyl sites for hydroxylation is 1. The van der Waals surface area contributed by atoms with Gasteiger partial charge in [-0.3, -0.25) is 9.10 Å². The van der Waals surface area contributed by atoms with Crippen LogP contribution in [0, 0.1) is 6.92 Å². The van der Waals surface area contributed by atoms with Gasteiger partial charge >= 0.3 is 0 Å². The number of hydrogen-bond donors (Lipinski definition) is 1. The van der Waals surface area contributed by atoms with Crippen LogP contribution >= 0.6 is 11.6 Å². The first-order valence-electron chi connectivity index (χ1n) is 11.6. The minimum absolute atomic E-state index is 0.0364. The van der Waals surface area contributed by atoms with Crippen molar-refractivity contribution in [1.82, 2.24) is 5.32 Å². The Hall–Kier alpha value is -3.81. The van der Waals surface area contributed by atoms with Crippen molar-refractivity contribution in [2.24, 2.45) is 0 Å². The van der Waals surface area contributed by atoms with E-state index in [0.717, 1.165) is 21.0 Å². The van der Waals surface area contributed by atoms with Crippen LogP contribution < -0.4 is 14.4 Å². The molecule has 0 aromatic heterocycles. The van der Waals surface area contributed by atoms with E-state index < -0.39 is 28.5 Å². The van der Waals surface area contributed by atoms with Crippen molar-refractivity contribution in [3.63, 3.8) is 0 Å². The quantitative estimate of drug-likeness (QED) is 0.296. The number of hydrogen-bond acceptors (Lipinski definition) is 4. The Morgan fingerprint density at radius 2 is 1.54 bits per heavy atom. The van der Waals surface area contributed by atoms with Crippen LogP contribution in [0.2, 0.25) is 5.02 Å². The van der Waals surface area contributed by atoms with E-state index in [2.05, 4.69) is 5.32 Å². The maximum absolute atomic E-state index is 13.7. The summed E-state index contributed by atoms with van der Waals surface area (Å²) in [5.41, 5.74) is 3.16. The first-order chi connectivity index (χ1) is 17.8. The minimum Gasteiger partial charge on any atom is -0.497 e. The molecular formula is C29H27ClN2O4S. The van der Waals surface area contributed by atoms with Crippen molar-refractivity contribution in [1.29, 1.82) is 0 Å². The number of carbonyl (C=O) groups excluding carboxylic acids is 1. The number of rotatable bonds is 9. The number of halogens is 1. The SMILES string of the molecule is COc1ccc(S(=O)(=O)N(CC(=O)NC(c2ccccc2)c2cccc(C)c2)c2ccc(Cl)cc2)cc1. The zero-order valence-corrected chi connectivity index (χ0v) is 22.0. The standard InChI is InChI=1S/C29H27ClN2O4S/c1-21-7-6-10-23(19-21)29(22-8-4-3-5-9-22)31-28(33)20-32(25-13-11-24(30)12-14-25)37(34,35)27-17-15-26(36-2)16-18-27/h3-19,29H,20H2,1-2H3,(H,31,33). The molecule has 1 atom stereocenters. The number of carbonyl (C=O) groups is 1. The maximum atomic E-state index is 13.7. The van der Waals surface area contributed by atoms with Crippen LogP contribution in [-0.4, -0.2) is 28.0 Å². The number of sulfonamides is 1. The van der Waals surface area contributed by atoms with Gasteiger partial charge in [-0.1, -0.05) is 71.8 Å². The molecule has 4 aromatic carbocycles. The molecule has 0 aliphatic heterocycles. The summed E-state index contributed by atoms with van der Waals surface area (Å²) in [6.45, 7) is 1.56. The molecule has 0 heterocycles. The lowest BCUT2D eigenvalue weighted by molar-refractivity contribution is -0.120. The third kappa shape index (κ3) is 6.31. The lowest BCUT2D eigenvalue weighted by Crippen LogP contribution is -2.42. The van der Waals surface area contributed by atoms with Crippen molar-refractivity contribution in [3.8, 4) is 5.75 Å². The van der Waals surface area contributed by atoms with Gasteiger partial charge in [0.05, 0.1) is 23.7 Å². The Morgan fingerprint density at radius 3 is 2.16 bits per heavy atom. The van der Waals surface area contributed by atoms with E-state index in [0.29, 0.717) is 16.5 Å². The first-order valence-corrected chi connectivity index (χ1v) is 13.4. The minimum atomic E-state index is -4.08. The van der Waals surface area contributed by atoms with Crippen molar-refractivity contribution in [3.05, 3.63) is 125 Å². The van der Waals surface area contributed by atoms with Gasteiger partial charge in [0.1, 0.15) is 12.3 Å². The molecular weight excluding hydrogens is 508 g/mol. The van der Waals surface area contributed by atoms with Gasteiger partial charge in [0.25, 0.3) is 10.0 Å². The van der Waals surface area contributed by atoms with Crippen LogP contribution in [0.5, 0.6) is 5.75 Å². The van der Waals surface area contributed by atoms with E-state index in [9.17, 15) is 13.2 Å². The van der Waals surface area contributed by atoms with Gasteiger partial charge < -0.3 is 10.1 Å². The van der Waals surface area contributed by atoms with Gasteiger partial charge in [0.15, 0.2) is 0 Å². The van der Waals surface area contributed by atoms with Crippen LogP contribution in [0.15, 0.2) is 108 Å². The van der Waals surface area contributed by atoms with Crippen molar-refractivity contribution in [2.75, 3.05) is 18.0 Å². The summed E-state index contributed by atoms with van der Waals surface area (Å²) < 4.78 is 33.6. The van der Waals surface area contributed by atoms with Gasteiger partial charge in [-0.05, 0) is 66.6 Å². The van der Waals surface area contributed by atoms with Crippen molar-refractivity contribution >= 4 is 33.2 Å². The molecule has 0 aliphatic rings. The molecule has 4 aromatic rings. The lowest BCUT2D eigenvalue weighted by Gasteiger charge is -2.26. The molecule has 4 rings (SSSR count). The Balaban J connectivity index is 1.68. The monoisotopic (exact) mass is 534 g/mol. The van der Waals surface area contributed by atoms with Crippen molar-refractivity contribution in [2.45, 2.75) is 17.9 Å². The second-order valence-electron chi connectivity index (χ2n) is 8.49. The second-order valence-corrected chi connectivity index (χ2v) is 10.8. The fourth-order valence-corrected chi connectivity index (χ4v) is 5.54. The Labute approximate surface area is 222 Å². The Bertz CT molecular complexity index is 1460. The van der Waals surface area contributed by atoms with E-state index >= 15 is 0 Å². The summed E-state index contributed by atoms with van der Waals surface area (Å²) in [4.78, 5) is 13.5. The summed E-state index contributed by atoms with van der Waals surface area (Å²) in [5.74, 6) is 0.0704. The highest BCUT2D eigenvalue weighted by Crippen LogP contribution is 2.27. The van der Waals surface area contributed by atoms with Crippen LogP contribution in [0.25, 0.3) is 0 Å². The molecule has 190 valence electrons. The number of methoxy groups -OCH3 is 1. The summed E-state index contributed by atoms with van der Waals surface area (Å²) in [6.07, 6.45) is 0. The van der Waals surface area contributed by atoms with Crippen LogP contribution in [0.1, 0.15) is 22.7 Å². The normalized spacial score (nSPS) is 12.0. The van der Waals surface area contributed by atoms with Gasteiger partial charge in [0.2, 0.25) is 5.91 Å². The van der Waals surface area contributed by atoms with E-state index in [1.54, 1.807) is 36.4 Å². The number of nitrogens with zero attached hydrogens (tertiary/aromatic N) is 1.